The minimum Gasteiger partial charge on any atom is -0.331 e. The van der Waals surface area contributed by atoms with E-state index in [0.717, 1.165) is 37.5 Å². The number of imidazole rings is 1. The predicted octanol–water partition coefficient (Wildman–Crippen LogP) is 6.34. The first-order valence-corrected chi connectivity index (χ1v) is 12.5. The molecule has 0 radical (unpaired) electrons. The maximum Gasteiger partial charge on any atom is 0.234 e. The van der Waals surface area contributed by atoms with Gasteiger partial charge in [-0.15, -0.1) is 11.3 Å². The number of thiazole rings is 1. The Labute approximate surface area is 201 Å². The summed E-state index contributed by atoms with van der Waals surface area (Å²) in [6.07, 6.45) is 0. The fourth-order valence-electron chi connectivity index (χ4n) is 3.24. The number of aryl methyl sites for hydroxylation is 2. The number of benzene rings is 2. The molecule has 0 saturated carbocycles. The lowest BCUT2D eigenvalue weighted by atomic mass is 10.2. The fraction of sp³-hybridized carbons (Fsp3) is 0.130. The highest BCUT2D eigenvalue weighted by Gasteiger charge is 2.11. The van der Waals surface area contributed by atoms with Gasteiger partial charge in [0.2, 0.25) is 5.91 Å². The van der Waals surface area contributed by atoms with E-state index in [1.165, 1.54) is 22.0 Å². The van der Waals surface area contributed by atoms with Crippen LogP contribution in [0.15, 0.2) is 58.2 Å². The molecular formula is C23H18BrN5OS2. The second-order valence-corrected chi connectivity index (χ2v) is 10.2. The highest BCUT2D eigenvalue weighted by Crippen LogP contribution is 2.31. The zero-order valence-electron chi connectivity index (χ0n) is 17.3. The molecular weight excluding hydrogens is 506 g/mol. The molecule has 2 aromatic carbocycles. The van der Waals surface area contributed by atoms with Gasteiger partial charge in [-0.1, -0.05) is 17.8 Å². The molecule has 0 spiro atoms. The highest BCUT2D eigenvalue weighted by atomic mass is 79.9. The van der Waals surface area contributed by atoms with E-state index in [0.29, 0.717) is 10.8 Å². The van der Waals surface area contributed by atoms with Crippen molar-refractivity contribution < 1.29 is 4.79 Å². The van der Waals surface area contributed by atoms with E-state index in [4.69, 9.17) is 4.98 Å². The number of hydrogen-bond acceptors (Lipinski definition) is 6. The quantitative estimate of drug-likeness (QED) is 0.262. The number of rotatable bonds is 5. The molecule has 32 heavy (non-hydrogen) atoms. The highest BCUT2D eigenvalue weighted by molar-refractivity contribution is 9.10. The molecule has 3 aromatic heterocycles. The van der Waals surface area contributed by atoms with Crippen molar-refractivity contribution in [2.24, 2.45) is 0 Å². The zero-order valence-corrected chi connectivity index (χ0v) is 20.5. The number of H-pyrrole nitrogens is 1. The van der Waals surface area contributed by atoms with Crippen molar-refractivity contribution in [2.75, 3.05) is 11.1 Å². The standard InChI is InChI=1S/C23H18BrN5OS2/c1-12-3-8-17-19(9-12)32-22(27-17)14-4-6-15(7-5-14)26-20(30)11-31-23-28-18-10-16(24)13(2)25-21(18)29-23/h3-10H,11H2,1-2H3,(H,26,30)(H,25,28,29). The van der Waals surface area contributed by atoms with Gasteiger partial charge in [-0.3, -0.25) is 4.79 Å². The molecule has 160 valence electrons. The number of fused-ring (bicyclic) bond motifs is 2. The van der Waals surface area contributed by atoms with Crippen LogP contribution in [0, 0.1) is 13.8 Å². The summed E-state index contributed by atoms with van der Waals surface area (Å²) in [5.41, 5.74) is 6.39. The Hall–Kier alpha value is -2.75. The number of thioether (sulfide) groups is 1. The molecule has 3 heterocycles. The van der Waals surface area contributed by atoms with Gasteiger partial charge in [0.1, 0.15) is 5.01 Å². The number of amides is 1. The monoisotopic (exact) mass is 523 g/mol. The van der Waals surface area contributed by atoms with E-state index in [9.17, 15) is 4.79 Å². The topological polar surface area (TPSA) is 83.6 Å². The Balaban J connectivity index is 1.22. The first kappa shape index (κ1) is 21.1. The normalized spacial score (nSPS) is 11.3. The molecule has 0 aliphatic carbocycles. The summed E-state index contributed by atoms with van der Waals surface area (Å²) in [6.45, 7) is 4.00. The van der Waals surface area contributed by atoms with Gasteiger partial charge in [0, 0.05) is 15.7 Å². The van der Waals surface area contributed by atoms with Crippen molar-refractivity contribution >= 4 is 72.0 Å². The molecule has 0 bridgehead atoms. The molecule has 2 N–H and O–H groups in total. The lowest BCUT2D eigenvalue weighted by Crippen LogP contribution is -2.14. The van der Waals surface area contributed by atoms with Crippen LogP contribution in [-0.2, 0) is 4.79 Å². The van der Waals surface area contributed by atoms with Gasteiger partial charge in [0.05, 0.1) is 27.2 Å². The number of pyridine rings is 1. The number of nitrogens with one attached hydrogen (secondary N) is 2. The number of carbonyl (C=O) groups excluding carboxylic acids is 1. The van der Waals surface area contributed by atoms with Gasteiger partial charge in [-0.2, -0.15) is 0 Å². The third kappa shape index (κ3) is 4.41. The van der Waals surface area contributed by atoms with Crippen molar-refractivity contribution in [1.82, 2.24) is 19.9 Å². The fourth-order valence-corrected chi connectivity index (χ4v) is 5.30. The summed E-state index contributed by atoms with van der Waals surface area (Å²) < 4.78 is 2.10. The van der Waals surface area contributed by atoms with Gasteiger partial charge in [-0.05, 0) is 77.8 Å². The van der Waals surface area contributed by atoms with Crippen molar-refractivity contribution in [3.63, 3.8) is 0 Å². The second kappa shape index (κ2) is 8.65. The Morgan fingerprint density at radius 2 is 1.91 bits per heavy atom. The van der Waals surface area contributed by atoms with E-state index in [1.807, 2.05) is 37.3 Å². The summed E-state index contributed by atoms with van der Waals surface area (Å²) in [6, 6.07) is 16.0. The van der Waals surface area contributed by atoms with Crippen LogP contribution in [0.3, 0.4) is 0 Å². The molecule has 0 saturated heterocycles. The Bertz CT molecular complexity index is 1420. The molecule has 1 amide bonds. The van der Waals surface area contributed by atoms with Crippen molar-refractivity contribution in [1.29, 1.82) is 0 Å². The first-order valence-electron chi connectivity index (χ1n) is 9.88. The van der Waals surface area contributed by atoms with Gasteiger partial charge in [0.15, 0.2) is 10.8 Å². The van der Waals surface area contributed by atoms with Crippen LogP contribution in [0.25, 0.3) is 32.0 Å². The maximum absolute atomic E-state index is 12.4. The lowest BCUT2D eigenvalue weighted by molar-refractivity contribution is -0.113. The van der Waals surface area contributed by atoms with Crippen molar-refractivity contribution in [3.05, 3.63) is 64.3 Å². The predicted molar refractivity (Wildman–Crippen MR) is 135 cm³/mol. The number of aromatic nitrogens is 4. The summed E-state index contributed by atoms with van der Waals surface area (Å²) in [5.74, 6) is 0.155. The van der Waals surface area contributed by atoms with Gasteiger partial charge < -0.3 is 10.3 Å². The molecule has 0 unspecified atom stereocenters. The van der Waals surface area contributed by atoms with Gasteiger partial charge in [0.25, 0.3) is 0 Å². The summed E-state index contributed by atoms with van der Waals surface area (Å²) >= 11 is 6.49. The van der Waals surface area contributed by atoms with Crippen molar-refractivity contribution in [3.8, 4) is 10.6 Å². The minimum absolute atomic E-state index is 0.0935. The number of hydrogen-bond donors (Lipinski definition) is 2. The van der Waals surface area contributed by atoms with E-state index < -0.39 is 0 Å². The smallest absolute Gasteiger partial charge is 0.234 e. The third-order valence-electron chi connectivity index (χ3n) is 4.88. The van der Waals surface area contributed by atoms with Crippen LogP contribution in [0.1, 0.15) is 11.3 Å². The second-order valence-electron chi connectivity index (χ2n) is 7.37. The molecule has 5 rings (SSSR count). The van der Waals surface area contributed by atoms with E-state index >= 15 is 0 Å². The minimum atomic E-state index is -0.0935. The SMILES string of the molecule is Cc1ccc2nc(-c3ccc(NC(=O)CSc4nc5nc(C)c(Br)cc5[nH]4)cc3)sc2c1. The van der Waals surface area contributed by atoms with Crippen LogP contribution < -0.4 is 5.32 Å². The van der Waals surface area contributed by atoms with E-state index in [1.54, 1.807) is 11.3 Å². The largest absolute Gasteiger partial charge is 0.331 e. The molecule has 0 atom stereocenters. The van der Waals surface area contributed by atoms with E-state index in [-0.39, 0.29) is 11.7 Å². The first-order chi connectivity index (χ1) is 15.4. The zero-order chi connectivity index (χ0) is 22.2. The Morgan fingerprint density at radius 1 is 1.09 bits per heavy atom. The van der Waals surface area contributed by atoms with Crippen LogP contribution in [0.4, 0.5) is 5.69 Å². The van der Waals surface area contributed by atoms with E-state index in [2.05, 4.69) is 61.3 Å². The van der Waals surface area contributed by atoms with Gasteiger partial charge in [-0.25, -0.2) is 15.0 Å². The summed E-state index contributed by atoms with van der Waals surface area (Å²) in [4.78, 5) is 29.2. The third-order valence-corrected chi connectivity index (χ3v) is 7.62. The number of aromatic amines is 1. The van der Waals surface area contributed by atoms with Crippen LogP contribution in [0.5, 0.6) is 0 Å². The number of carbonyl (C=O) groups is 1. The average Bonchev–Trinajstić information content (AvgIpc) is 3.36. The molecule has 6 nitrogen and oxygen atoms in total. The molecule has 0 fully saturated rings. The Morgan fingerprint density at radius 3 is 2.72 bits per heavy atom. The molecule has 9 heteroatoms. The van der Waals surface area contributed by atoms with Crippen LogP contribution in [0.2, 0.25) is 0 Å². The van der Waals surface area contributed by atoms with Crippen LogP contribution in [-0.4, -0.2) is 31.6 Å². The Kier molecular flexibility index (Phi) is 5.71. The number of nitrogens with zero attached hydrogens (tertiary/aromatic N) is 3. The molecule has 0 aliphatic heterocycles. The van der Waals surface area contributed by atoms with Crippen molar-refractivity contribution in [2.45, 2.75) is 19.0 Å². The molecule has 0 aliphatic rings. The number of anilines is 1. The average molecular weight is 524 g/mol. The summed E-state index contributed by atoms with van der Waals surface area (Å²) in [5, 5.41) is 4.58. The summed E-state index contributed by atoms with van der Waals surface area (Å²) in [7, 11) is 0. The van der Waals surface area contributed by atoms with Crippen LogP contribution >= 0.6 is 39.0 Å². The lowest BCUT2D eigenvalue weighted by Gasteiger charge is -2.05. The van der Waals surface area contributed by atoms with Gasteiger partial charge >= 0.3 is 0 Å². The maximum atomic E-state index is 12.4. The number of halogens is 1. The molecule has 5 aromatic rings.